The summed E-state index contributed by atoms with van der Waals surface area (Å²) in [6, 6.07) is 12.9. The standard InChI is InChI=1S/C19H20N2O5S/c1-13(14-7-6-8-15(11-14)21(24)25)26-19(23)16-9-4-5-10-17(16)27-12-18(22)20(2)3/h4-11,13H,12H2,1-3H3/t13-/m1/s1. The number of esters is 1. The molecule has 0 radical (unpaired) electrons. The molecule has 2 rings (SSSR count). The van der Waals surface area contributed by atoms with E-state index in [1.54, 1.807) is 57.4 Å². The largest absolute Gasteiger partial charge is 0.454 e. The normalized spacial score (nSPS) is 11.5. The number of amides is 1. The quantitative estimate of drug-likeness (QED) is 0.311. The molecule has 7 nitrogen and oxygen atoms in total. The molecule has 2 aromatic rings. The minimum absolute atomic E-state index is 0.0615. The summed E-state index contributed by atoms with van der Waals surface area (Å²) in [5, 5.41) is 10.9. The highest BCUT2D eigenvalue weighted by Crippen LogP contribution is 2.27. The van der Waals surface area contributed by atoms with Crippen LogP contribution in [0.1, 0.15) is 28.9 Å². The van der Waals surface area contributed by atoms with Crippen molar-refractivity contribution >= 4 is 29.3 Å². The number of carbonyl (C=O) groups excluding carboxylic acids is 2. The van der Waals surface area contributed by atoms with Gasteiger partial charge in [-0.05, 0) is 24.6 Å². The Morgan fingerprint density at radius 1 is 1.19 bits per heavy atom. The molecular formula is C19H20N2O5S. The number of hydrogen-bond acceptors (Lipinski definition) is 6. The molecule has 0 aliphatic rings. The van der Waals surface area contributed by atoms with Gasteiger partial charge in [0, 0.05) is 31.1 Å². The minimum atomic E-state index is -0.654. The molecule has 0 saturated heterocycles. The maximum absolute atomic E-state index is 12.6. The highest BCUT2D eigenvalue weighted by Gasteiger charge is 2.19. The summed E-state index contributed by atoms with van der Waals surface area (Å²) in [4.78, 5) is 36.9. The van der Waals surface area contributed by atoms with Crippen LogP contribution in [-0.4, -0.2) is 41.5 Å². The Kier molecular flexibility index (Phi) is 6.95. The molecule has 0 spiro atoms. The second-order valence-electron chi connectivity index (χ2n) is 5.97. The Morgan fingerprint density at radius 3 is 2.56 bits per heavy atom. The molecule has 1 atom stereocenters. The highest BCUT2D eigenvalue weighted by atomic mass is 32.2. The average molecular weight is 388 g/mol. The lowest BCUT2D eigenvalue weighted by molar-refractivity contribution is -0.385. The third-order valence-corrected chi connectivity index (χ3v) is 4.85. The lowest BCUT2D eigenvalue weighted by Gasteiger charge is -2.15. The van der Waals surface area contributed by atoms with Crippen molar-refractivity contribution in [1.29, 1.82) is 0 Å². The van der Waals surface area contributed by atoms with Crippen molar-refractivity contribution in [2.45, 2.75) is 17.9 Å². The zero-order chi connectivity index (χ0) is 20.0. The molecular weight excluding hydrogens is 368 g/mol. The predicted molar refractivity (Wildman–Crippen MR) is 103 cm³/mol. The van der Waals surface area contributed by atoms with Crippen LogP contribution in [0.25, 0.3) is 0 Å². The molecule has 0 aliphatic heterocycles. The zero-order valence-corrected chi connectivity index (χ0v) is 16.1. The van der Waals surface area contributed by atoms with E-state index in [4.69, 9.17) is 4.74 Å². The van der Waals surface area contributed by atoms with Gasteiger partial charge >= 0.3 is 5.97 Å². The van der Waals surface area contributed by atoms with Gasteiger partial charge in [-0.25, -0.2) is 4.79 Å². The van der Waals surface area contributed by atoms with Gasteiger partial charge in [0.2, 0.25) is 5.91 Å². The van der Waals surface area contributed by atoms with Crippen molar-refractivity contribution in [3.8, 4) is 0 Å². The first-order valence-electron chi connectivity index (χ1n) is 8.17. The second-order valence-corrected chi connectivity index (χ2v) is 6.99. The van der Waals surface area contributed by atoms with Crippen molar-refractivity contribution < 1.29 is 19.2 Å². The Bertz CT molecular complexity index is 853. The van der Waals surface area contributed by atoms with Crippen molar-refractivity contribution in [2.24, 2.45) is 0 Å². The van der Waals surface area contributed by atoms with Crippen molar-refractivity contribution in [3.63, 3.8) is 0 Å². The van der Waals surface area contributed by atoms with Crippen molar-refractivity contribution in [2.75, 3.05) is 19.8 Å². The molecule has 0 heterocycles. The molecule has 142 valence electrons. The molecule has 0 bridgehead atoms. The van der Waals surface area contributed by atoms with E-state index < -0.39 is 17.0 Å². The number of benzene rings is 2. The summed E-state index contributed by atoms with van der Waals surface area (Å²) in [6.07, 6.45) is -0.654. The SMILES string of the molecule is C[C@@H](OC(=O)c1ccccc1SCC(=O)N(C)C)c1cccc([N+](=O)[O-])c1. The van der Waals surface area contributed by atoms with E-state index in [1.807, 2.05) is 0 Å². The predicted octanol–water partition coefficient (Wildman–Crippen LogP) is 3.69. The van der Waals surface area contributed by atoms with E-state index in [9.17, 15) is 19.7 Å². The second kappa shape index (κ2) is 9.18. The maximum Gasteiger partial charge on any atom is 0.339 e. The van der Waals surface area contributed by atoms with E-state index in [2.05, 4.69) is 0 Å². The number of nitro groups is 1. The Morgan fingerprint density at radius 2 is 1.89 bits per heavy atom. The fourth-order valence-electron chi connectivity index (χ4n) is 2.21. The van der Waals surface area contributed by atoms with Gasteiger partial charge in [-0.2, -0.15) is 0 Å². The molecule has 27 heavy (non-hydrogen) atoms. The summed E-state index contributed by atoms with van der Waals surface area (Å²) < 4.78 is 5.48. The van der Waals surface area contributed by atoms with Gasteiger partial charge in [0.1, 0.15) is 6.10 Å². The number of non-ortho nitro benzene ring substituents is 1. The van der Waals surface area contributed by atoms with Gasteiger partial charge in [-0.15, -0.1) is 11.8 Å². The van der Waals surface area contributed by atoms with Crippen LogP contribution < -0.4 is 0 Å². The molecule has 8 heteroatoms. The number of carbonyl (C=O) groups is 2. The zero-order valence-electron chi connectivity index (χ0n) is 15.2. The van der Waals surface area contributed by atoms with E-state index in [1.165, 1.54) is 28.8 Å². The van der Waals surface area contributed by atoms with Crippen LogP contribution in [0.15, 0.2) is 53.4 Å². The average Bonchev–Trinajstić information content (AvgIpc) is 2.66. The van der Waals surface area contributed by atoms with E-state index in [0.29, 0.717) is 16.0 Å². The van der Waals surface area contributed by atoms with Gasteiger partial charge in [0.25, 0.3) is 5.69 Å². The Labute approximate surface area is 161 Å². The summed E-state index contributed by atoms with van der Waals surface area (Å²) >= 11 is 1.26. The molecule has 0 unspecified atom stereocenters. The number of ether oxygens (including phenoxy) is 1. The van der Waals surface area contributed by atoms with Gasteiger partial charge in [-0.1, -0.05) is 24.3 Å². The van der Waals surface area contributed by atoms with E-state index in [-0.39, 0.29) is 17.3 Å². The fraction of sp³-hybridized carbons (Fsp3) is 0.263. The summed E-state index contributed by atoms with van der Waals surface area (Å²) in [5.74, 6) is -0.403. The van der Waals surface area contributed by atoms with Crippen LogP contribution in [0.4, 0.5) is 5.69 Å². The van der Waals surface area contributed by atoms with Crippen LogP contribution in [0.2, 0.25) is 0 Å². The Balaban J connectivity index is 2.12. The maximum atomic E-state index is 12.6. The molecule has 0 N–H and O–H groups in total. The minimum Gasteiger partial charge on any atom is -0.454 e. The number of hydrogen-bond donors (Lipinski definition) is 0. The summed E-state index contributed by atoms with van der Waals surface area (Å²) in [5.41, 5.74) is 0.824. The first-order chi connectivity index (χ1) is 12.8. The third kappa shape index (κ3) is 5.55. The third-order valence-electron chi connectivity index (χ3n) is 3.79. The number of nitrogens with zero attached hydrogens (tertiary/aromatic N) is 2. The van der Waals surface area contributed by atoms with Crippen molar-refractivity contribution in [3.05, 3.63) is 69.8 Å². The monoisotopic (exact) mass is 388 g/mol. The number of thioether (sulfide) groups is 1. The smallest absolute Gasteiger partial charge is 0.339 e. The molecule has 2 aromatic carbocycles. The van der Waals surface area contributed by atoms with Crippen LogP contribution in [0.5, 0.6) is 0 Å². The lowest BCUT2D eigenvalue weighted by atomic mass is 10.1. The van der Waals surface area contributed by atoms with Crippen LogP contribution in [0, 0.1) is 10.1 Å². The Hall–Kier alpha value is -2.87. The molecule has 0 saturated carbocycles. The molecule has 0 aromatic heterocycles. The fourth-order valence-corrected chi connectivity index (χ4v) is 3.23. The van der Waals surface area contributed by atoms with Gasteiger partial charge in [-0.3, -0.25) is 14.9 Å². The van der Waals surface area contributed by atoms with Crippen LogP contribution in [0.3, 0.4) is 0 Å². The highest BCUT2D eigenvalue weighted by molar-refractivity contribution is 8.00. The van der Waals surface area contributed by atoms with Gasteiger partial charge in [0.05, 0.1) is 16.2 Å². The topological polar surface area (TPSA) is 89.8 Å². The van der Waals surface area contributed by atoms with Crippen molar-refractivity contribution in [1.82, 2.24) is 4.90 Å². The lowest BCUT2D eigenvalue weighted by Crippen LogP contribution is -2.23. The van der Waals surface area contributed by atoms with E-state index in [0.717, 1.165) is 0 Å². The van der Waals surface area contributed by atoms with E-state index >= 15 is 0 Å². The number of rotatable bonds is 7. The van der Waals surface area contributed by atoms with Crippen LogP contribution in [-0.2, 0) is 9.53 Å². The number of nitro benzene ring substituents is 1. The summed E-state index contributed by atoms with van der Waals surface area (Å²) in [6.45, 7) is 1.66. The molecule has 1 amide bonds. The molecule has 0 fully saturated rings. The van der Waals surface area contributed by atoms with Crippen LogP contribution >= 0.6 is 11.8 Å². The first kappa shape index (κ1) is 20.4. The summed E-state index contributed by atoms with van der Waals surface area (Å²) in [7, 11) is 3.34. The molecule has 0 aliphatic carbocycles. The van der Waals surface area contributed by atoms with Gasteiger partial charge in [0.15, 0.2) is 0 Å². The van der Waals surface area contributed by atoms with Gasteiger partial charge < -0.3 is 9.64 Å². The first-order valence-corrected chi connectivity index (χ1v) is 9.15.